The van der Waals surface area contributed by atoms with Gasteiger partial charge in [-0.15, -0.1) is 5.73 Å². The average molecular weight is 267 g/mol. The molecule has 20 heavy (non-hydrogen) atoms. The summed E-state index contributed by atoms with van der Waals surface area (Å²) in [5.41, 5.74) is 6.00. The Balaban J connectivity index is 2.36. The summed E-state index contributed by atoms with van der Waals surface area (Å²) in [4.78, 5) is 12.3. The van der Waals surface area contributed by atoms with Crippen LogP contribution < -0.4 is 10.3 Å². The second-order valence-electron chi connectivity index (χ2n) is 5.00. The SMILES string of the molecule is CCCCc1cc(=O)n2c3c(c(OC)ccc13)C=C=C2. The number of pyridine rings is 1. The molecule has 0 saturated carbocycles. The second-order valence-corrected chi connectivity index (χ2v) is 5.00. The molecule has 0 spiro atoms. The molecule has 1 aliphatic rings. The van der Waals surface area contributed by atoms with E-state index in [0.29, 0.717) is 0 Å². The highest BCUT2D eigenvalue weighted by Crippen LogP contribution is 2.32. The highest BCUT2D eigenvalue weighted by atomic mass is 16.5. The van der Waals surface area contributed by atoms with Crippen LogP contribution in [0.25, 0.3) is 23.2 Å². The lowest BCUT2D eigenvalue weighted by Crippen LogP contribution is -2.18. The van der Waals surface area contributed by atoms with Gasteiger partial charge in [-0.1, -0.05) is 13.3 Å². The van der Waals surface area contributed by atoms with Crippen LogP contribution in [0.2, 0.25) is 0 Å². The van der Waals surface area contributed by atoms with Gasteiger partial charge in [0, 0.05) is 17.0 Å². The maximum absolute atomic E-state index is 12.3. The average Bonchev–Trinajstić information content (AvgIpc) is 2.49. The fourth-order valence-electron chi connectivity index (χ4n) is 2.73. The summed E-state index contributed by atoms with van der Waals surface area (Å²) in [7, 11) is 1.65. The molecule has 2 heterocycles. The Kier molecular flexibility index (Phi) is 3.21. The van der Waals surface area contributed by atoms with Gasteiger partial charge in [-0.2, -0.15) is 0 Å². The molecule has 3 heteroatoms. The summed E-state index contributed by atoms with van der Waals surface area (Å²) in [6.45, 7) is 2.16. The van der Waals surface area contributed by atoms with Crippen LogP contribution in [-0.4, -0.2) is 11.7 Å². The number of unbranched alkanes of at least 4 members (excludes halogenated alkanes) is 1. The number of hydrogen-bond donors (Lipinski definition) is 0. The van der Waals surface area contributed by atoms with Gasteiger partial charge < -0.3 is 4.74 Å². The van der Waals surface area contributed by atoms with E-state index in [4.69, 9.17) is 4.74 Å². The molecule has 1 aromatic heterocycles. The van der Waals surface area contributed by atoms with Crippen molar-refractivity contribution in [3.8, 4) is 5.75 Å². The number of nitrogens with zero attached hydrogens (tertiary/aromatic N) is 1. The van der Waals surface area contributed by atoms with E-state index < -0.39 is 0 Å². The van der Waals surface area contributed by atoms with E-state index >= 15 is 0 Å². The molecule has 2 aromatic rings. The normalized spacial score (nSPS) is 12.1. The third kappa shape index (κ3) is 1.87. The molecule has 0 saturated heterocycles. The predicted octanol–water partition coefficient (Wildman–Crippen LogP) is 3.45. The molecule has 3 rings (SSSR count). The molecule has 0 atom stereocenters. The fourth-order valence-corrected chi connectivity index (χ4v) is 2.73. The Morgan fingerprint density at radius 1 is 1.35 bits per heavy atom. The van der Waals surface area contributed by atoms with E-state index in [1.807, 2.05) is 18.2 Å². The standard InChI is InChI=1S/C17H17NO2/c1-3-4-6-12-11-16(19)18-10-5-7-14-15(20-2)9-8-13(12)17(14)18/h7-11H,3-4,6H2,1-2H3. The molecular formula is C17H17NO2. The quantitative estimate of drug-likeness (QED) is 0.678. The lowest BCUT2D eigenvalue weighted by atomic mass is 9.99. The fraction of sp³-hybridized carbons (Fsp3) is 0.294. The number of aromatic nitrogens is 1. The second kappa shape index (κ2) is 5.03. The Bertz CT molecular complexity index is 793. The zero-order valence-electron chi connectivity index (χ0n) is 11.8. The molecular weight excluding hydrogens is 250 g/mol. The minimum atomic E-state index is -0.00120. The number of methoxy groups -OCH3 is 1. The van der Waals surface area contributed by atoms with Gasteiger partial charge in [-0.3, -0.25) is 9.36 Å². The van der Waals surface area contributed by atoms with Crippen LogP contribution >= 0.6 is 0 Å². The third-order valence-corrected chi connectivity index (χ3v) is 3.75. The van der Waals surface area contributed by atoms with Crippen molar-refractivity contribution in [2.24, 2.45) is 0 Å². The van der Waals surface area contributed by atoms with E-state index in [1.54, 1.807) is 23.9 Å². The van der Waals surface area contributed by atoms with Crippen LogP contribution in [0.3, 0.4) is 0 Å². The summed E-state index contributed by atoms with van der Waals surface area (Å²) >= 11 is 0. The molecule has 3 nitrogen and oxygen atoms in total. The maximum Gasteiger partial charge on any atom is 0.255 e. The Hall–Kier alpha value is -2.25. The lowest BCUT2D eigenvalue weighted by Gasteiger charge is -2.16. The summed E-state index contributed by atoms with van der Waals surface area (Å²) in [5.74, 6) is 0.777. The number of aryl methyl sites for hydroxylation is 1. The van der Waals surface area contributed by atoms with E-state index in [-0.39, 0.29) is 5.56 Å². The smallest absolute Gasteiger partial charge is 0.255 e. The number of hydrogen-bond acceptors (Lipinski definition) is 2. The van der Waals surface area contributed by atoms with Crippen molar-refractivity contribution in [3.63, 3.8) is 0 Å². The minimum Gasteiger partial charge on any atom is -0.496 e. The van der Waals surface area contributed by atoms with Gasteiger partial charge in [-0.05, 0) is 36.6 Å². The zero-order chi connectivity index (χ0) is 14.1. The van der Waals surface area contributed by atoms with Crippen molar-refractivity contribution in [1.82, 2.24) is 4.57 Å². The zero-order valence-corrected chi connectivity index (χ0v) is 11.8. The van der Waals surface area contributed by atoms with Crippen molar-refractivity contribution in [2.45, 2.75) is 26.2 Å². The first-order valence-corrected chi connectivity index (χ1v) is 6.94. The number of rotatable bonds is 4. The van der Waals surface area contributed by atoms with Gasteiger partial charge in [0.1, 0.15) is 5.75 Å². The van der Waals surface area contributed by atoms with Gasteiger partial charge in [0.2, 0.25) is 0 Å². The van der Waals surface area contributed by atoms with Gasteiger partial charge in [0.25, 0.3) is 5.56 Å². The van der Waals surface area contributed by atoms with Gasteiger partial charge in [-0.25, -0.2) is 0 Å². The van der Waals surface area contributed by atoms with Crippen molar-refractivity contribution in [1.29, 1.82) is 0 Å². The first-order valence-electron chi connectivity index (χ1n) is 6.94. The van der Waals surface area contributed by atoms with Crippen molar-refractivity contribution < 1.29 is 4.74 Å². The molecule has 102 valence electrons. The summed E-state index contributed by atoms with van der Waals surface area (Å²) < 4.78 is 7.05. The van der Waals surface area contributed by atoms with E-state index in [2.05, 4.69) is 12.7 Å². The van der Waals surface area contributed by atoms with Gasteiger partial charge in [0.05, 0.1) is 18.8 Å². The first-order chi connectivity index (χ1) is 9.76. The van der Waals surface area contributed by atoms with Crippen LogP contribution in [0, 0.1) is 0 Å². The third-order valence-electron chi connectivity index (χ3n) is 3.75. The summed E-state index contributed by atoms with van der Waals surface area (Å²) in [5, 5.41) is 1.13. The largest absolute Gasteiger partial charge is 0.496 e. The van der Waals surface area contributed by atoms with Crippen LogP contribution in [0.4, 0.5) is 0 Å². The molecule has 0 radical (unpaired) electrons. The van der Waals surface area contributed by atoms with Gasteiger partial charge >= 0.3 is 0 Å². The molecule has 0 aliphatic carbocycles. The van der Waals surface area contributed by atoms with E-state index in [9.17, 15) is 4.79 Å². The van der Waals surface area contributed by atoms with Crippen LogP contribution in [0.5, 0.6) is 5.75 Å². The monoisotopic (exact) mass is 267 g/mol. The molecule has 0 bridgehead atoms. The summed E-state index contributed by atoms with van der Waals surface area (Å²) in [6, 6.07) is 5.76. The molecule has 1 aromatic carbocycles. The van der Waals surface area contributed by atoms with E-state index in [0.717, 1.165) is 47.0 Å². The first kappa shape index (κ1) is 12.8. The molecule has 0 fully saturated rings. The Labute approximate surface area is 117 Å². The summed E-state index contributed by atoms with van der Waals surface area (Å²) in [6.07, 6.45) is 6.71. The molecule has 0 amide bonds. The van der Waals surface area contributed by atoms with Crippen LogP contribution in [0.1, 0.15) is 30.9 Å². The van der Waals surface area contributed by atoms with Crippen LogP contribution in [0.15, 0.2) is 28.7 Å². The van der Waals surface area contributed by atoms with Crippen LogP contribution in [-0.2, 0) is 6.42 Å². The predicted molar refractivity (Wildman–Crippen MR) is 82.1 cm³/mol. The Morgan fingerprint density at radius 2 is 2.20 bits per heavy atom. The highest BCUT2D eigenvalue weighted by Gasteiger charge is 2.15. The van der Waals surface area contributed by atoms with Crippen molar-refractivity contribution in [3.05, 3.63) is 45.4 Å². The minimum absolute atomic E-state index is 0.00120. The number of benzene rings is 1. The number of ether oxygens (including phenoxy) is 1. The van der Waals surface area contributed by atoms with Crippen molar-refractivity contribution in [2.75, 3.05) is 7.11 Å². The molecule has 1 aliphatic heterocycles. The van der Waals surface area contributed by atoms with Gasteiger partial charge in [0.15, 0.2) is 0 Å². The topological polar surface area (TPSA) is 31.2 Å². The molecule has 0 N–H and O–H groups in total. The Morgan fingerprint density at radius 3 is 2.95 bits per heavy atom. The van der Waals surface area contributed by atoms with Crippen molar-refractivity contribution >= 4 is 23.2 Å². The highest BCUT2D eigenvalue weighted by molar-refractivity contribution is 5.95. The van der Waals surface area contributed by atoms with E-state index in [1.165, 1.54) is 0 Å². The molecule has 0 unspecified atom stereocenters. The lowest BCUT2D eigenvalue weighted by molar-refractivity contribution is 0.414. The maximum atomic E-state index is 12.3.